The summed E-state index contributed by atoms with van der Waals surface area (Å²) in [4.78, 5) is 0. The third-order valence-electron chi connectivity index (χ3n) is 1.54. The fraction of sp³-hybridized carbons (Fsp3) is 1.00. The summed E-state index contributed by atoms with van der Waals surface area (Å²) >= 11 is 0. The first-order valence-corrected chi connectivity index (χ1v) is 5.87. The second-order valence-corrected chi connectivity index (χ2v) is 4.50. The standard InChI is InChI=1S/C8H19NO2S/c1-3-4-5-12(11)7-8(10)6-9-2/h8-10H,3-7H2,1-2H3. The lowest BCUT2D eigenvalue weighted by Gasteiger charge is -2.08. The molecule has 0 fully saturated rings. The minimum atomic E-state index is -0.841. The van der Waals surface area contributed by atoms with Gasteiger partial charge >= 0.3 is 0 Å². The van der Waals surface area contributed by atoms with Gasteiger partial charge in [-0.1, -0.05) is 13.3 Å². The molecule has 4 heteroatoms. The van der Waals surface area contributed by atoms with Crippen LogP contribution in [0.4, 0.5) is 0 Å². The van der Waals surface area contributed by atoms with Crippen LogP contribution in [0.15, 0.2) is 0 Å². The Morgan fingerprint density at radius 1 is 1.58 bits per heavy atom. The summed E-state index contributed by atoms with van der Waals surface area (Å²) in [6.45, 7) is 2.60. The molecule has 0 radical (unpaired) electrons. The molecule has 0 amide bonds. The molecule has 0 spiro atoms. The van der Waals surface area contributed by atoms with Crippen molar-refractivity contribution in [3.63, 3.8) is 0 Å². The summed E-state index contributed by atoms with van der Waals surface area (Å²) in [7, 11) is 0.934. The number of hydrogen-bond acceptors (Lipinski definition) is 3. The number of rotatable bonds is 7. The smallest absolute Gasteiger partial charge is 0.0779 e. The summed E-state index contributed by atoms with van der Waals surface area (Å²) < 4.78 is 11.2. The van der Waals surface area contributed by atoms with Crippen LogP contribution in [-0.4, -0.2) is 40.5 Å². The zero-order valence-electron chi connectivity index (χ0n) is 7.88. The molecule has 0 aliphatic rings. The molecule has 0 saturated carbocycles. The lowest BCUT2D eigenvalue weighted by molar-refractivity contribution is 0.198. The quantitative estimate of drug-likeness (QED) is 0.603. The molecular weight excluding hydrogens is 174 g/mol. The maximum absolute atomic E-state index is 11.2. The molecule has 0 saturated heterocycles. The van der Waals surface area contributed by atoms with E-state index >= 15 is 0 Å². The van der Waals surface area contributed by atoms with Gasteiger partial charge in [0.15, 0.2) is 0 Å². The van der Waals surface area contributed by atoms with E-state index in [1.165, 1.54) is 0 Å². The number of unbranched alkanes of at least 4 members (excludes halogenated alkanes) is 1. The molecule has 2 N–H and O–H groups in total. The van der Waals surface area contributed by atoms with Gasteiger partial charge in [-0.25, -0.2) is 0 Å². The summed E-state index contributed by atoms with van der Waals surface area (Å²) in [5.74, 6) is 1.12. The van der Waals surface area contributed by atoms with Crippen LogP contribution >= 0.6 is 0 Å². The molecule has 0 aromatic heterocycles. The fourth-order valence-electron chi connectivity index (χ4n) is 0.898. The highest BCUT2D eigenvalue weighted by atomic mass is 32.2. The predicted octanol–water partition coefficient (Wildman–Crippen LogP) is 0.115. The molecule has 2 unspecified atom stereocenters. The van der Waals surface area contributed by atoms with Crippen LogP contribution in [-0.2, 0) is 10.8 Å². The van der Waals surface area contributed by atoms with Gasteiger partial charge in [0.2, 0.25) is 0 Å². The largest absolute Gasteiger partial charge is 0.391 e. The Balaban J connectivity index is 3.40. The van der Waals surface area contributed by atoms with Crippen molar-refractivity contribution in [2.75, 3.05) is 25.1 Å². The van der Waals surface area contributed by atoms with E-state index in [1.807, 2.05) is 0 Å². The molecule has 0 aromatic carbocycles. The minimum absolute atomic E-state index is 0.404. The van der Waals surface area contributed by atoms with Crippen molar-refractivity contribution in [2.24, 2.45) is 0 Å². The van der Waals surface area contributed by atoms with Crippen molar-refractivity contribution in [1.29, 1.82) is 0 Å². The van der Waals surface area contributed by atoms with E-state index in [0.29, 0.717) is 12.3 Å². The average Bonchev–Trinajstić information content (AvgIpc) is 2.01. The monoisotopic (exact) mass is 193 g/mol. The van der Waals surface area contributed by atoms with Crippen molar-refractivity contribution in [3.8, 4) is 0 Å². The highest BCUT2D eigenvalue weighted by Crippen LogP contribution is 1.94. The second-order valence-electron chi connectivity index (χ2n) is 2.88. The topological polar surface area (TPSA) is 49.3 Å². The summed E-state index contributed by atoms with van der Waals surface area (Å²) in [6, 6.07) is 0. The molecule has 0 bridgehead atoms. The zero-order valence-corrected chi connectivity index (χ0v) is 8.69. The van der Waals surface area contributed by atoms with Crippen molar-refractivity contribution in [1.82, 2.24) is 5.32 Å². The van der Waals surface area contributed by atoms with Gasteiger partial charge in [0.05, 0.1) is 11.9 Å². The number of hydrogen-bond donors (Lipinski definition) is 2. The Morgan fingerprint density at radius 3 is 2.75 bits per heavy atom. The summed E-state index contributed by atoms with van der Waals surface area (Å²) in [5, 5.41) is 12.1. The first-order valence-electron chi connectivity index (χ1n) is 4.38. The van der Waals surface area contributed by atoms with Crippen LogP contribution < -0.4 is 5.32 Å². The molecule has 3 nitrogen and oxygen atoms in total. The molecule has 0 rings (SSSR count). The van der Waals surface area contributed by atoms with Crippen LogP contribution in [0.25, 0.3) is 0 Å². The number of aliphatic hydroxyl groups excluding tert-OH is 1. The molecule has 2 atom stereocenters. The van der Waals surface area contributed by atoms with Crippen molar-refractivity contribution in [2.45, 2.75) is 25.9 Å². The van der Waals surface area contributed by atoms with Crippen LogP contribution in [0.1, 0.15) is 19.8 Å². The molecule has 74 valence electrons. The average molecular weight is 193 g/mol. The molecular formula is C8H19NO2S. The van der Waals surface area contributed by atoms with Gasteiger partial charge < -0.3 is 10.4 Å². The number of nitrogens with one attached hydrogen (secondary N) is 1. The van der Waals surface area contributed by atoms with Gasteiger partial charge in [0, 0.05) is 23.1 Å². The van der Waals surface area contributed by atoms with E-state index < -0.39 is 16.9 Å². The van der Waals surface area contributed by atoms with Gasteiger partial charge in [-0.05, 0) is 13.5 Å². The van der Waals surface area contributed by atoms with E-state index in [2.05, 4.69) is 12.2 Å². The fourth-order valence-corrected chi connectivity index (χ4v) is 2.22. The second kappa shape index (κ2) is 7.71. The molecule has 0 aromatic rings. The lowest BCUT2D eigenvalue weighted by atomic mass is 10.4. The minimum Gasteiger partial charge on any atom is -0.391 e. The Labute approximate surface area is 77.0 Å². The van der Waals surface area contributed by atoms with E-state index in [-0.39, 0.29) is 0 Å². The van der Waals surface area contributed by atoms with Gasteiger partial charge in [0.1, 0.15) is 0 Å². The van der Waals surface area contributed by atoms with E-state index in [9.17, 15) is 9.32 Å². The third-order valence-corrected chi connectivity index (χ3v) is 3.04. The van der Waals surface area contributed by atoms with Gasteiger partial charge in [-0.3, -0.25) is 4.21 Å². The van der Waals surface area contributed by atoms with Gasteiger partial charge in [0.25, 0.3) is 0 Å². The Morgan fingerprint density at radius 2 is 2.25 bits per heavy atom. The van der Waals surface area contributed by atoms with Crippen LogP contribution in [0.2, 0.25) is 0 Å². The van der Waals surface area contributed by atoms with Crippen LogP contribution in [0, 0.1) is 0 Å². The molecule has 0 heterocycles. The highest BCUT2D eigenvalue weighted by Gasteiger charge is 2.07. The van der Waals surface area contributed by atoms with Crippen molar-refractivity contribution < 1.29 is 9.32 Å². The maximum atomic E-state index is 11.2. The first kappa shape index (κ1) is 12.1. The van der Waals surface area contributed by atoms with E-state index in [4.69, 9.17) is 0 Å². The van der Waals surface area contributed by atoms with Crippen LogP contribution in [0.5, 0.6) is 0 Å². The van der Waals surface area contributed by atoms with E-state index in [0.717, 1.165) is 18.6 Å². The summed E-state index contributed by atoms with van der Waals surface area (Å²) in [6.07, 6.45) is 1.58. The Bertz CT molecular complexity index is 130. The SMILES string of the molecule is CCCCS(=O)CC(O)CNC. The number of likely N-dealkylation sites (N-methyl/N-ethyl adjacent to an activating group) is 1. The molecule has 0 aliphatic carbocycles. The Hall–Kier alpha value is 0.0700. The van der Waals surface area contributed by atoms with Gasteiger partial charge in [-0.15, -0.1) is 0 Å². The third kappa shape index (κ3) is 6.76. The highest BCUT2D eigenvalue weighted by molar-refractivity contribution is 7.85. The van der Waals surface area contributed by atoms with Crippen LogP contribution in [0.3, 0.4) is 0 Å². The molecule has 12 heavy (non-hydrogen) atoms. The normalized spacial score (nSPS) is 15.9. The zero-order chi connectivity index (χ0) is 9.40. The maximum Gasteiger partial charge on any atom is 0.0779 e. The van der Waals surface area contributed by atoms with Crippen molar-refractivity contribution >= 4 is 10.8 Å². The van der Waals surface area contributed by atoms with Gasteiger partial charge in [-0.2, -0.15) is 0 Å². The lowest BCUT2D eigenvalue weighted by Crippen LogP contribution is -2.29. The van der Waals surface area contributed by atoms with E-state index in [1.54, 1.807) is 7.05 Å². The number of aliphatic hydroxyl groups is 1. The molecule has 0 aliphatic heterocycles. The predicted molar refractivity (Wildman–Crippen MR) is 52.7 cm³/mol. The summed E-state index contributed by atoms with van der Waals surface area (Å²) in [5.41, 5.74) is 0. The van der Waals surface area contributed by atoms with Crippen molar-refractivity contribution in [3.05, 3.63) is 0 Å². The Kier molecular flexibility index (Phi) is 7.75. The first-order chi connectivity index (χ1) is 5.70.